The Morgan fingerprint density at radius 2 is 1.80 bits per heavy atom. The third-order valence-electron chi connectivity index (χ3n) is 4.96. The summed E-state index contributed by atoms with van der Waals surface area (Å²) < 4.78 is 0. The number of benzene rings is 2. The number of carbonyl (C=O) groups is 1. The minimum absolute atomic E-state index is 0.0218. The quantitative estimate of drug-likeness (QED) is 0.906. The van der Waals surface area contributed by atoms with E-state index < -0.39 is 0 Å². The van der Waals surface area contributed by atoms with Crippen LogP contribution >= 0.6 is 0 Å². The van der Waals surface area contributed by atoms with E-state index in [2.05, 4.69) is 58.9 Å². The van der Waals surface area contributed by atoms with Crippen LogP contribution in [0.2, 0.25) is 0 Å². The highest BCUT2D eigenvalue weighted by Gasteiger charge is 2.27. The molecule has 2 aromatic rings. The Morgan fingerprint density at radius 1 is 1.04 bits per heavy atom. The van der Waals surface area contributed by atoms with Gasteiger partial charge in [0, 0.05) is 44.0 Å². The third-order valence-corrected chi connectivity index (χ3v) is 4.96. The fourth-order valence-electron chi connectivity index (χ4n) is 3.72. The summed E-state index contributed by atoms with van der Waals surface area (Å²) in [6.45, 7) is 7.27. The highest BCUT2D eigenvalue weighted by molar-refractivity contribution is 5.96. The zero-order valence-electron chi connectivity index (χ0n) is 14.6. The van der Waals surface area contributed by atoms with Crippen molar-refractivity contribution >= 4 is 17.4 Å². The van der Waals surface area contributed by atoms with Crippen molar-refractivity contribution in [2.24, 2.45) is 0 Å². The molecule has 5 heteroatoms. The number of amides is 2. The van der Waals surface area contributed by atoms with Gasteiger partial charge < -0.3 is 15.5 Å². The molecule has 2 aliphatic heterocycles. The molecule has 5 nitrogen and oxygen atoms in total. The summed E-state index contributed by atoms with van der Waals surface area (Å²) in [6, 6.07) is 14.6. The lowest BCUT2D eigenvalue weighted by molar-refractivity contribution is 0.244. The van der Waals surface area contributed by atoms with Crippen molar-refractivity contribution in [1.29, 1.82) is 0 Å². The molecule has 0 spiro atoms. The fraction of sp³-hybridized carbons (Fsp3) is 0.350. The maximum absolute atomic E-state index is 12.5. The molecule has 2 aromatic carbocycles. The number of urea groups is 1. The van der Waals surface area contributed by atoms with E-state index in [0.29, 0.717) is 13.1 Å². The molecule has 0 bridgehead atoms. The second kappa shape index (κ2) is 6.76. The second-order valence-corrected chi connectivity index (χ2v) is 6.75. The van der Waals surface area contributed by atoms with Crippen LogP contribution < -0.4 is 20.4 Å². The monoisotopic (exact) mass is 336 g/mol. The molecule has 0 aromatic heterocycles. The summed E-state index contributed by atoms with van der Waals surface area (Å²) in [4.78, 5) is 16.8. The minimum atomic E-state index is -0.0218. The van der Waals surface area contributed by atoms with Gasteiger partial charge in [0.1, 0.15) is 0 Å². The highest BCUT2D eigenvalue weighted by atomic mass is 16.2. The maximum Gasteiger partial charge on any atom is 0.322 e. The van der Waals surface area contributed by atoms with Crippen LogP contribution in [0.3, 0.4) is 0 Å². The van der Waals surface area contributed by atoms with E-state index in [1.165, 1.54) is 16.8 Å². The first-order chi connectivity index (χ1) is 12.2. The van der Waals surface area contributed by atoms with Crippen LogP contribution in [0.15, 0.2) is 42.5 Å². The van der Waals surface area contributed by atoms with Gasteiger partial charge in [-0.15, -0.1) is 0 Å². The first kappa shape index (κ1) is 16.0. The number of aryl methyl sites for hydroxylation is 1. The van der Waals surface area contributed by atoms with Gasteiger partial charge in [0.25, 0.3) is 0 Å². The average molecular weight is 336 g/mol. The number of nitrogens with one attached hydrogen (secondary N) is 2. The summed E-state index contributed by atoms with van der Waals surface area (Å²) in [7, 11) is 0. The van der Waals surface area contributed by atoms with Crippen LogP contribution in [0.5, 0.6) is 0 Å². The lowest BCUT2D eigenvalue weighted by atomic mass is 10.0. The molecule has 25 heavy (non-hydrogen) atoms. The molecule has 0 atom stereocenters. The molecule has 0 saturated carbocycles. The van der Waals surface area contributed by atoms with Crippen molar-refractivity contribution in [3.8, 4) is 0 Å². The standard InChI is InChI=1S/C20H24N4O/c1-15-4-2-5-16(12-15)14-24-19-7-3-6-18(17(19)13-22-20(24)25)23-10-8-21-9-11-23/h2-7,12,21H,8-11,13-14H2,1H3,(H,22,25). The summed E-state index contributed by atoms with van der Waals surface area (Å²) in [5, 5.41) is 6.44. The van der Waals surface area contributed by atoms with Crippen LogP contribution in [-0.4, -0.2) is 32.2 Å². The number of piperazine rings is 1. The molecule has 2 N–H and O–H groups in total. The topological polar surface area (TPSA) is 47.6 Å². The van der Waals surface area contributed by atoms with Crippen molar-refractivity contribution in [1.82, 2.24) is 10.6 Å². The summed E-state index contributed by atoms with van der Waals surface area (Å²) in [6.07, 6.45) is 0. The molecule has 4 rings (SSSR count). The number of anilines is 2. The highest BCUT2D eigenvalue weighted by Crippen LogP contribution is 2.34. The Hall–Kier alpha value is -2.53. The fourth-order valence-corrected chi connectivity index (χ4v) is 3.72. The van der Waals surface area contributed by atoms with E-state index in [4.69, 9.17) is 0 Å². The molecule has 0 radical (unpaired) electrons. The predicted octanol–water partition coefficient (Wildman–Crippen LogP) is 2.63. The van der Waals surface area contributed by atoms with Crippen molar-refractivity contribution in [3.05, 3.63) is 59.2 Å². The number of carbonyl (C=O) groups excluding carboxylic acids is 1. The average Bonchev–Trinajstić information content (AvgIpc) is 2.64. The van der Waals surface area contributed by atoms with Crippen molar-refractivity contribution in [3.63, 3.8) is 0 Å². The number of nitrogens with zero attached hydrogens (tertiary/aromatic N) is 2. The van der Waals surface area contributed by atoms with E-state index in [1.807, 2.05) is 11.0 Å². The lowest BCUT2D eigenvalue weighted by Gasteiger charge is -2.36. The Kier molecular flexibility index (Phi) is 4.32. The van der Waals surface area contributed by atoms with Crippen LogP contribution in [0.25, 0.3) is 0 Å². The Morgan fingerprint density at radius 3 is 2.60 bits per heavy atom. The molecule has 130 valence electrons. The van der Waals surface area contributed by atoms with Crippen molar-refractivity contribution < 1.29 is 4.79 Å². The molecule has 1 fully saturated rings. The maximum atomic E-state index is 12.5. The van der Waals surface area contributed by atoms with Gasteiger partial charge in [-0.05, 0) is 24.6 Å². The van der Waals surface area contributed by atoms with Gasteiger partial charge in [-0.25, -0.2) is 4.79 Å². The SMILES string of the molecule is Cc1cccc(CN2C(=O)NCc3c(N4CCNCC4)cccc32)c1. The van der Waals surface area contributed by atoms with Gasteiger partial charge in [-0.3, -0.25) is 4.90 Å². The van der Waals surface area contributed by atoms with E-state index >= 15 is 0 Å². The van der Waals surface area contributed by atoms with Gasteiger partial charge in [-0.1, -0.05) is 35.9 Å². The van der Waals surface area contributed by atoms with E-state index in [9.17, 15) is 4.79 Å². The third kappa shape index (κ3) is 3.20. The zero-order chi connectivity index (χ0) is 17.2. The number of rotatable bonds is 3. The molecule has 1 saturated heterocycles. The Labute approximate surface area is 148 Å². The number of hydrogen-bond donors (Lipinski definition) is 2. The molecule has 2 amide bonds. The van der Waals surface area contributed by atoms with Gasteiger partial charge in [0.05, 0.1) is 12.2 Å². The zero-order valence-corrected chi connectivity index (χ0v) is 14.6. The summed E-state index contributed by atoms with van der Waals surface area (Å²) in [5.74, 6) is 0. The first-order valence-corrected chi connectivity index (χ1v) is 8.91. The summed E-state index contributed by atoms with van der Waals surface area (Å²) >= 11 is 0. The first-order valence-electron chi connectivity index (χ1n) is 8.91. The van der Waals surface area contributed by atoms with Gasteiger partial charge in [0.2, 0.25) is 0 Å². The Bertz CT molecular complexity index is 783. The van der Waals surface area contributed by atoms with E-state index in [1.54, 1.807) is 0 Å². The molecular formula is C20H24N4O. The van der Waals surface area contributed by atoms with Gasteiger partial charge in [0.15, 0.2) is 0 Å². The van der Waals surface area contributed by atoms with Crippen LogP contribution in [0.1, 0.15) is 16.7 Å². The smallest absolute Gasteiger partial charge is 0.322 e. The molecule has 2 aliphatic rings. The number of fused-ring (bicyclic) bond motifs is 1. The molecule has 0 aliphatic carbocycles. The van der Waals surface area contributed by atoms with Crippen LogP contribution in [0, 0.1) is 6.92 Å². The van der Waals surface area contributed by atoms with Gasteiger partial charge in [-0.2, -0.15) is 0 Å². The normalized spacial score (nSPS) is 17.2. The number of hydrogen-bond acceptors (Lipinski definition) is 3. The van der Waals surface area contributed by atoms with Gasteiger partial charge >= 0.3 is 6.03 Å². The van der Waals surface area contributed by atoms with E-state index in [0.717, 1.165) is 37.4 Å². The van der Waals surface area contributed by atoms with Crippen molar-refractivity contribution in [2.45, 2.75) is 20.0 Å². The predicted molar refractivity (Wildman–Crippen MR) is 101 cm³/mol. The van der Waals surface area contributed by atoms with E-state index in [-0.39, 0.29) is 6.03 Å². The second-order valence-electron chi connectivity index (χ2n) is 6.75. The van der Waals surface area contributed by atoms with Crippen LogP contribution in [-0.2, 0) is 13.1 Å². The molecular weight excluding hydrogens is 312 g/mol. The molecule has 0 unspecified atom stereocenters. The van der Waals surface area contributed by atoms with Crippen LogP contribution in [0.4, 0.5) is 16.2 Å². The minimum Gasteiger partial charge on any atom is -0.369 e. The van der Waals surface area contributed by atoms with Crippen molar-refractivity contribution in [2.75, 3.05) is 36.0 Å². The molecule has 2 heterocycles. The largest absolute Gasteiger partial charge is 0.369 e. The lowest BCUT2D eigenvalue weighted by Crippen LogP contribution is -2.46. The Balaban J connectivity index is 1.68. The summed E-state index contributed by atoms with van der Waals surface area (Å²) in [5.41, 5.74) is 5.85.